The summed E-state index contributed by atoms with van der Waals surface area (Å²) >= 11 is 0. The number of hydrogen-bond donors (Lipinski definition) is 1. The van der Waals surface area contributed by atoms with Gasteiger partial charge < -0.3 is 4.90 Å². The minimum atomic E-state index is -0.790. The molecule has 4 nitrogen and oxygen atoms in total. The molecule has 0 aromatic carbocycles. The molecular formula is C15H30N2O2S. The van der Waals surface area contributed by atoms with Gasteiger partial charge in [-0.25, -0.2) is 0 Å². The smallest absolute Gasteiger partial charge is 0.241 e. The van der Waals surface area contributed by atoms with E-state index in [4.69, 9.17) is 0 Å². The van der Waals surface area contributed by atoms with Crippen LogP contribution >= 0.6 is 0 Å². The molecular weight excluding hydrogens is 272 g/mol. The number of amides is 1. The lowest BCUT2D eigenvalue weighted by Crippen LogP contribution is -2.44. The molecule has 5 heteroatoms. The number of nitrogens with zero attached hydrogens (tertiary/aromatic N) is 1. The van der Waals surface area contributed by atoms with Crippen LogP contribution < -0.4 is 5.32 Å². The second-order valence-electron chi connectivity index (χ2n) is 6.31. The maximum absolute atomic E-state index is 12.6. The highest BCUT2D eigenvalue weighted by atomic mass is 32.2. The number of carbonyl (C=O) groups is 1. The Kier molecular flexibility index (Phi) is 7.17. The largest absolute Gasteiger partial charge is 0.323 e. The van der Waals surface area contributed by atoms with Crippen LogP contribution in [0.5, 0.6) is 0 Å². The van der Waals surface area contributed by atoms with Crippen molar-refractivity contribution in [1.82, 2.24) is 10.2 Å². The minimum absolute atomic E-state index is 0.0293. The van der Waals surface area contributed by atoms with Crippen LogP contribution in [0.1, 0.15) is 53.4 Å². The molecule has 4 atom stereocenters. The first-order chi connectivity index (χ1) is 9.36. The van der Waals surface area contributed by atoms with E-state index >= 15 is 0 Å². The van der Waals surface area contributed by atoms with Crippen molar-refractivity contribution < 1.29 is 9.00 Å². The van der Waals surface area contributed by atoms with Gasteiger partial charge in [0.1, 0.15) is 0 Å². The molecule has 1 aliphatic rings. The van der Waals surface area contributed by atoms with Gasteiger partial charge in [0.25, 0.3) is 0 Å². The van der Waals surface area contributed by atoms with Crippen LogP contribution in [0.2, 0.25) is 0 Å². The molecule has 0 spiro atoms. The fourth-order valence-corrected chi connectivity index (χ4v) is 3.51. The molecule has 1 heterocycles. The average Bonchev–Trinajstić information content (AvgIpc) is 2.63. The lowest BCUT2D eigenvalue weighted by molar-refractivity contribution is -0.132. The van der Waals surface area contributed by atoms with Gasteiger partial charge in [-0.05, 0) is 32.1 Å². The Morgan fingerprint density at radius 1 is 1.35 bits per heavy atom. The molecule has 0 aromatic heterocycles. The molecule has 1 amide bonds. The first kappa shape index (κ1) is 17.6. The highest BCUT2D eigenvalue weighted by Gasteiger charge is 2.40. The van der Waals surface area contributed by atoms with Gasteiger partial charge in [0, 0.05) is 28.9 Å². The third-order valence-corrected chi connectivity index (χ3v) is 4.66. The highest BCUT2D eigenvalue weighted by molar-refractivity contribution is 7.84. The van der Waals surface area contributed by atoms with Gasteiger partial charge in [-0.3, -0.25) is 14.3 Å². The Morgan fingerprint density at radius 2 is 2.00 bits per heavy atom. The third-order valence-electron chi connectivity index (χ3n) is 3.85. The summed E-state index contributed by atoms with van der Waals surface area (Å²) in [4.78, 5) is 14.6. The summed E-state index contributed by atoms with van der Waals surface area (Å²) in [5.41, 5.74) is 0. The number of rotatable bonds is 8. The normalized spacial score (nSPS) is 26.3. The summed E-state index contributed by atoms with van der Waals surface area (Å²) in [6.45, 7) is 8.55. The molecule has 0 saturated carbocycles. The summed E-state index contributed by atoms with van der Waals surface area (Å²) in [6.07, 6.45) is 5.56. The number of carbonyl (C=O) groups excluding carboxylic acids is 1. The lowest BCUT2D eigenvalue weighted by atomic mass is 10.1. The summed E-state index contributed by atoms with van der Waals surface area (Å²) in [5.74, 6) is 1.44. The van der Waals surface area contributed by atoms with Crippen molar-refractivity contribution in [3.05, 3.63) is 0 Å². The Hall–Kier alpha value is -0.420. The molecule has 4 unspecified atom stereocenters. The highest BCUT2D eigenvalue weighted by Crippen LogP contribution is 2.23. The zero-order chi connectivity index (χ0) is 15.3. The zero-order valence-corrected chi connectivity index (χ0v) is 14.3. The molecule has 0 aliphatic carbocycles. The maximum Gasteiger partial charge on any atom is 0.241 e. The van der Waals surface area contributed by atoms with E-state index in [1.165, 1.54) is 0 Å². The third kappa shape index (κ3) is 4.85. The SMILES string of the molecule is CCCC1NC(CC(C)C)N(C(C)CCS(C)=O)C1=O. The van der Waals surface area contributed by atoms with E-state index in [1.807, 2.05) is 4.90 Å². The molecule has 1 aliphatic heterocycles. The number of hydrogen-bond acceptors (Lipinski definition) is 3. The molecule has 1 saturated heterocycles. The second kappa shape index (κ2) is 8.13. The monoisotopic (exact) mass is 302 g/mol. The number of nitrogens with one attached hydrogen (secondary N) is 1. The summed E-state index contributed by atoms with van der Waals surface area (Å²) in [6, 6.07) is 0.128. The fraction of sp³-hybridized carbons (Fsp3) is 0.933. The van der Waals surface area contributed by atoms with Gasteiger partial charge >= 0.3 is 0 Å². The molecule has 118 valence electrons. The summed E-state index contributed by atoms with van der Waals surface area (Å²) < 4.78 is 11.3. The molecule has 1 fully saturated rings. The van der Waals surface area contributed by atoms with E-state index < -0.39 is 10.8 Å². The van der Waals surface area contributed by atoms with Crippen LogP contribution in [-0.2, 0) is 15.6 Å². The summed E-state index contributed by atoms with van der Waals surface area (Å²) in [7, 11) is -0.790. The first-order valence-corrected chi connectivity index (χ1v) is 9.47. The van der Waals surface area contributed by atoms with Gasteiger partial charge in [-0.2, -0.15) is 0 Å². The molecule has 20 heavy (non-hydrogen) atoms. The topological polar surface area (TPSA) is 49.4 Å². The van der Waals surface area contributed by atoms with E-state index in [9.17, 15) is 9.00 Å². The Morgan fingerprint density at radius 3 is 2.50 bits per heavy atom. The van der Waals surface area contributed by atoms with Crippen molar-refractivity contribution in [2.24, 2.45) is 5.92 Å². The fourth-order valence-electron chi connectivity index (χ4n) is 2.84. The van der Waals surface area contributed by atoms with Gasteiger partial charge in [-0.15, -0.1) is 0 Å². The Bertz CT molecular complexity index is 347. The van der Waals surface area contributed by atoms with Crippen LogP contribution in [0.25, 0.3) is 0 Å². The van der Waals surface area contributed by atoms with Gasteiger partial charge in [0.15, 0.2) is 0 Å². The molecule has 0 radical (unpaired) electrons. The van der Waals surface area contributed by atoms with E-state index in [2.05, 4.69) is 33.0 Å². The van der Waals surface area contributed by atoms with Gasteiger partial charge in [0.2, 0.25) is 5.91 Å². The average molecular weight is 302 g/mol. The molecule has 1 rings (SSSR count). The Labute approximate surface area is 126 Å². The second-order valence-corrected chi connectivity index (χ2v) is 7.87. The van der Waals surface area contributed by atoms with Crippen molar-refractivity contribution in [3.63, 3.8) is 0 Å². The lowest BCUT2D eigenvalue weighted by Gasteiger charge is -2.31. The van der Waals surface area contributed by atoms with Gasteiger partial charge in [0.05, 0.1) is 12.2 Å². The minimum Gasteiger partial charge on any atom is -0.323 e. The van der Waals surface area contributed by atoms with E-state index in [-0.39, 0.29) is 24.2 Å². The zero-order valence-electron chi connectivity index (χ0n) is 13.5. The van der Waals surface area contributed by atoms with E-state index in [0.29, 0.717) is 11.7 Å². The standard InChI is InChI=1S/C15H30N2O2S/c1-6-7-13-15(18)17(12(4)8-9-20(5)19)14(16-13)10-11(2)3/h11-14,16H,6-10H2,1-5H3. The maximum atomic E-state index is 12.6. The van der Waals surface area contributed by atoms with Crippen LogP contribution in [0, 0.1) is 5.92 Å². The summed E-state index contributed by atoms with van der Waals surface area (Å²) in [5, 5.41) is 3.49. The van der Waals surface area contributed by atoms with Crippen LogP contribution in [0.4, 0.5) is 0 Å². The van der Waals surface area contributed by atoms with Crippen LogP contribution in [0.15, 0.2) is 0 Å². The molecule has 0 aromatic rings. The quantitative estimate of drug-likeness (QED) is 0.747. The van der Waals surface area contributed by atoms with Crippen molar-refractivity contribution in [1.29, 1.82) is 0 Å². The molecule has 0 bridgehead atoms. The van der Waals surface area contributed by atoms with Gasteiger partial charge in [-0.1, -0.05) is 27.2 Å². The predicted octanol–water partition coefficient (Wildman–Crippen LogP) is 2.12. The van der Waals surface area contributed by atoms with Crippen molar-refractivity contribution in [2.75, 3.05) is 12.0 Å². The van der Waals surface area contributed by atoms with Crippen LogP contribution in [-0.4, -0.2) is 45.3 Å². The first-order valence-electron chi connectivity index (χ1n) is 7.75. The van der Waals surface area contributed by atoms with Crippen molar-refractivity contribution in [2.45, 2.75) is 71.6 Å². The van der Waals surface area contributed by atoms with E-state index in [1.54, 1.807) is 6.26 Å². The van der Waals surface area contributed by atoms with E-state index in [0.717, 1.165) is 25.7 Å². The van der Waals surface area contributed by atoms with Crippen molar-refractivity contribution in [3.8, 4) is 0 Å². The van der Waals surface area contributed by atoms with Crippen LogP contribution in [0.3, 0.4) is 0 Å². The van der Waals surface area contributed by atoms with Crippen molar-refractivity contribution >= 4 is 16.7 Å². The Balaban J connectivity index is 2.74. The predicted molar refractivity (Wildman–Crippen MR) is 84.9 cm³/mol. The molecule has 1 N–H and O–H groups in total.